The zero-order valence-corrected chi connectivity index (χ0v) is 16.5. The van der Waals surface area contributed by atoms with Crippen LogP contribution < -0.4 is 10.5 Å². The molecule has 0 bridgehead atoms. The molecule has 1 saturated heterocycles. The lowest BCUT2D eigenvalue weighted by atomic mass is 9.96. The summed E-state index contributed by atoms with van der Waals surface area (Å²) in [5, 5.41) is 1.000. The van der Waals surface area contributed by atoms with E-state index in [4.69, 9.17) is 0 Å². The first kappa shape index (κ1) is 16.9. The normalized spacial score (nSPS) is 19.3. The summed E-state index contributed by atoms with van der Waals surface area (Å²) in [6, 6.07) is 1.66. The van der Waals surface area contributed by atoms with Crippen molar-refractivity contribution in [3.8, 4) is 0 Å². The molecule has 0 radical (unpaired) electrons. The largest absolute Gasteiger partial charge is 0.346 e. The molecule has 2 aromatic heterocycles. The van der Waals surface area contributed by atoms with Gasteiger partial charge in [-0.3, -0.25) is 9.59 Å². The highest BCUT2D eigenvalue weighted by Crippen LogP contribution is 2.40. The minimum absolute atomic E-state index is 0.00203. The Morgan fingerprint density at radius 3 is 2.81 bits per heavy atom. The number of aryl methyl sites for hydroxylation is 1. The molecule has 27 heavy (non-hydrogen) atoms. The minimum atomic E-state index is -0.00203. The summed E-state index contributed by atoms with van der Waals surface area (Å²) in [6.45, 7) is 4.87. The maximum absolute atomic E-state index is 12.8. The molecule has 0 spiro atoms. The predicted molar refractivity (Wildman–Crippen MR) is 103 cm³/mol. The van der Waals surface area contributed by atoms with Gasteiger partial charge in [-0.2, -0.15) is 4.37 Å². The van der Waals surface area contributed by atoms with Crippen LogP contribution in [0.25, 0.3) is 0 Å². The van der Waals surface area contributed by atoms with Gasteiger partial charge in [0.1, 0.15) is 5.82 Å². The standard InChI is InChI=1S/C19H23N5O2S/c1-11-5-16(25)22(2)15-10-23(9-14(11)15)17(26)6-12-7-24(8-12)19-20-18(21-27-19)13-3-4-13/h5,12-13H,3-4,6-10H2,1-2H3. The van der Waals surface area contributed by atoms with Gasteiger partial charge in [0.05, 0.1) is 6.54 Å². The maximum atomic E-state index is 12.8. The van der Waals surface area contributed by atoms with Gasteiger partial charge < -0.3 is 14.4 Å². The van der Waals surface area contributed by atoms with Crippen molar-refractivity contribution in [1.29, 1.82) is 0 Å². The summed E-state index contributed by atoms with van der Waals surface area (Å²) in [5.41, 5.74) is 3.09. The molecular weight excluding hydrogens is 362 g/mol. The Kier molecular flexibility index (Phi) is 3.86. The Morgan fingerprint density at radius 1 is 1.30 bits per heavy atom. The molecule has 0 aromatic carbocycles. The second kappa shape index (κ2) is 6.15. The van der Waals surface area contributed by atoms with Crippen LogP contribution in [0.3, 0.4) is 0 Å². The molecule has 4 heterocycles. The van der Waals surface area contributed by atoms with E-state index in [2.05, 4.69) is 14.3 Å². The van der Waals surface area contributed by atoms with Crippen LogP contribution in [-0.2, 0) is 24.9 Å². The van der Waals surface area contributed by atoms with Gasteiger partial charge in [0, 0.05) is 68.2 Å². The molecule has 142 valence electrons. The van der Waals surface area contributed by atoms with Crippen LogP contribution in [0.15, 0.2) is 10.9 Å². The first-order chi connectivity index (χ1) is 13.0. The van der Waals surface area contributed by atoms with Crippen molar-refractivity contribution < 1.29 is 4.79 Å². The molecule has 5 rings (SSSR count). The van der Waals surface area contributed by atoms with Gasteiger partial charge in [-0.1, -0.05) is 0 Å². The first-order valence-corrected chi connectivity index (χ1v) is 10.3. The molecule has 0 unspecified atom stereocenters. The van der Waals surface area contributed by atoms with E-state index in [9.17, 15) is 9.59 Å². The molecule has 7 nitrogen and oxygen atoms in total. The number of rotatable bonds is 4. The number of carbonyl (C=O) groups is 1. The van der Waals surface area contributed by atoms with E-state index in [0.29, 0.717) is 31.3 Å². The number of anilines is 1. The van der Waals surface area contributed by atoms with Crippen LogP contribution in [-0.4, -0.2) is 37.8 Å². The molecule has 1 saturated carbocycles. The molecular formula is C19H23N5O2S. The van der Waals surface area contributed by atoms with Crippen LogP contribution in [0.1, 0.15) is 47.8 Å². The number of nitrogens with zero attached hydrogens (tertiary/aromatic N) is 5. The number of hydrogen-bond donors (Lipinski definition) is 0. The summed E-state index contributed by atoms with van der Waals surface area (Å²) in [7, 11) is 1.79. The zero-order chi connectivity index (χ0) is 18.7. The molecule has 0 N–H and O–H groups in total. The highest BCUT2D eigenvalue weighted by atomic mass is 32.1. The van der Waals surface area contributed by atoms with E-state index in [1.165, 1.54) is 24.4 Å². The Balaban J connectivity index is 1.18. The number of amides is 1. The van der Waals surface area contributed by atoms with Gasteiger partial charge in [0.2, 0.25) is 11.0 Å². The highest BCUT2D eigenvalue weighted by Gasteiger charge is 2.35. The predicted octanol–water partition coefficient (Wildman–Crippen LogP) is 1.79. The fourth-order valence-corrected chi connectivity index (χ4v) is 4.81. The lowest BCUT2D eigenvalue weighted by Gasteiger charge is -2.39. The summed E-state index contributed by atoms with van der Waals surface area (Å²) in [4.78, 5) is 33.5. The van der Waals surface area contributed by atoms with Crippen molar-refractivity contribution in [1.82, 2.24) is 18.8 Å². The summed E-state index contributed by atoms with van der Waals surface area (Å²) in [6.07, 6.45) is 3.00. The third-order valence-electron chi connectivity index (χ3n) is 6.01. The fraction of sp³-hybridized carbons (Fsp3) is 0.579. The highest BCUT2D eigenvalue weighted by molar-refractivity contribution is 7.09. The Morgan fingerprint density at radius 2 is 2.07 bits per heavy atom. The van der Waals surface area contributed by atoms with E-state index in [-0.39, 0.29) is 11.5 Å². The van der Waals surface area contributed by atoms with Crippen LogP contribution in [0.4, 0.5) is 5.13 Å². The quantitative estimate of drug-likeness (QED) is 0.802. The second-order valence-electron chi connectivity index (χ2n) is 8.08. The summed E-state index contributed by atoms with van der Waals surface area (Å²) >= 11 is 1.48. The van der Waals surface area contributed by atoms with Crippen molar-refractivity contribution in [3.63, 3.8) is 0 Å². The van der Waals surface area contributed by atoms with Gasteiger partial charge in [0.15, 0.2) is 0 Å². The third kappa shape index (κ3) is 2.96. The molecule has 2 fully saturated rings. The van der Waals surface area contributed by atoms with E-state index < -0.39 is 0 Å². The molecule has 3 aliphatic rings. The molecule has 8 heteroatoms. The monoisotopic (exact) mass is 385 g/mol. The molecule has 0 atom stereocenters. The zero-order valence-electron chi connectivity index (χ0n) is 15.6. The summed E-state index contributed by atoms with van der Waals surface area (Å²) < 4.78 is 6.14. The topological polar surface area (TPSA) is 71.3 Å². The van der Waals surface area contributed by atoms with E-state index >= 15 is 0 Å². The Labute approximate surface area is 161 Å². The summed E-state index contributed by atoms with van der Waals surface area (Å²) in [5.74, 6) is 2.15. The maximum Gasteiger partial charge on any atom is 0.250 e. The van der Waals surface area contributed by atoms with E-state index in [0.717, 1.165) is 40.9 Å². The fourth-order valence-electron chi connectivity index (χ4n) is 4.05. The van der Waals surface area contributed by atoms with Gasteiger partial charge in [0.25, 0.3) is 5.56 Å². The first-order valence-electron chi connectivity index (χ1n) is 9.54. The number of fused-ring (bicyclic) bond motifs is 1. The van der Waals surface area contributed by atoms with Crippen molar-refractivity contribution >= 4 is 22.6 Å². The van der Waals surface area contributed by atoms with Crippen LogP contribution in [0.5, 0.6) is 0 Å². The van der Waals surface area contributed by atoms with Gasteiger partial charge in [-0.25, -0.2) is 4.98 Å². The number of hydrogen-bond acceptors (Lipinski definition) is 6. The minimum Gasteiger partial charge on any atom is -0.346 e. The van der Waals surface area contributed by atoms with Crippen LogP contribution in [0, 0.1) is 12.8 Å². The second-order valence-corrected chi connectivity index (χ2v) is 8.81. The van der Waals surface area contributed by atoms with E-state index in [1.54, 1.807) is 17.7 Å². The lowest BCUT2D eigenvalue weighted by Crippen LogP contribution is -2.48. The molecule has 2 aromatic rings. The van der Waals surface area contributed by atoms with Crippen molar-refractivity contribution in [2.24, 2.45) is 13.0 Å². The average molecular weight is 385 g/mol. The molecule has 2 aliphatic heterocycles. The molecule has 1 amide bonds. The smallest absolute Gasteiger partial charge is 0.250 e. The Hall–Kier alpha value is -2.22. The van der Waals surface area contributed by atoms with Crippen LogP contribution in [0.2, 0.25) is 0 Å². The molecule has 1 aliphatic carbocycles. The van der Waals surface area contributed by atoms with Crippen molar-refractivity contribution in [2.45, 2.75) is 45.2 Å². The SMILES string of the molecule is Cc1cc(=O)n(C)c2c1CN(C(=O)CC1CN(c3nc(C4CC4)ns3)C1)C2. The van der Waals surface area contributed by atoms with Gasteiger partial charge in [-0.15, -0.1) is 0 Å². The average Bonchev–Trinajstić information content (AvgIpc) is 3.17. The number of carbonyl (C=O) groups excluding carboxylic acids is 1. The van der Waals surface area contributed by atoms with E-state index in [1.807, 2.05) is 11.8 Å². The lowest BCUT2D eigenvalue weighted by molar-refractivity contribution is -0.133. The van der Waals surface area contributed by atoms with Gasteiger partial charge >= 0.3 is 0 Å². The Bertz CT molecular complexity index is 971. The van der Waals surface area contributed by atoms with Gasteiger partial charge in [-0.05, 0) is 30.9 Å². The van der Waals surface area contributed by atoms with Crippen molar-refractivity contribution in [2.75, 3.05) is 18.0 Å². The third-order valence-corrected chi connectivity index (χ3v) is 6.80. The number of aromatic nitrogens is 3. The van der Waals surface area contributed by atoms with Crippen LogP contribution >= 0.6 is 11.5 Å². The number of pyridine rings is 1. The van der Waals surface area contributed by atoms with Crippen molar-refractivity contribution in [3.05, 3.63) is 39.1 Å².